The minimum absolute atomic E-state index is 0. The number of rotatable bonds is 9. The molecule has 1 unspecified atom stereocenters. The third-order valence-electron chi connectivity index (χ3n) is 3.02. The van der Waals surface area contributed by atoms with Crippen molar-refractivity contribution in [1.82, 2.24) is 10.6 Å². The zero-order valence-corrected chi connectivity index (χ0v) is 14.8. The Morgan fingerprint density at radius 2 is 1.67 bits per heavy atom. The number of halogens is 1. The fraction of sp³-hybridized carbons (Fsp3) is 0.867. The molecule has 1 atom stereocenters. The van der Waals surface area contributed by atoms with Crippen LogP contribution in [-0.2, 0) is 9.59 Å². The van der Waals surface area contributed by atoms with Gasteiger partial charge in [-0.1, -0.05) is 27.7 Å². The van der Waals surface area contributed by atoms with Crippen molar-refractivity contribution in [1.29, 1.82) is 0 Å². The second kappa shape index (κ2) is 10.9. The SMILES string of the molecule is CC(C)CC(=O)NCCC(=O)NC(C)(CN)CC(C)C.Cl. The summed E-state index contributed by atoms with van der Waals surface area (Å²) in [6.07, 6.45) is 1.63. The van der Waals surface area contributed by atoms with Crippen molar-refractivity contribution in [2.24, 2.45) is 17.6 Å². The first-order valence-electron chi connectivity index (χ1n) is 7.46. The Kier molecular flexibility index (Phi) is 11.6. The Labute approximate surface area is 135 Å². The number of carbonyl (C=O) groups is 2. The van der Waals surface area contributed by atoms with Gasteiger partial charge in [-0.3, -0.25) is 9.59 Å². The van der Waals surface area contributed by atoms with Crippen molar-refractivity contribution < 1.29 is 9.59 Å². The van der Waals surface area contributed by atoms with Crippen molar-refractivity contribution in [3.63, 3.8) is 0 Å². The molecule has 4 N–H and O–H groups in total. The van der Waals surface area contributed by atoms with E-state index >= 15 is 0 Å². The van der Waals surface area contributed by atoms with Gasteiger partial charge < -0.3 is 16.4 Å². The molecule has 0 rings (SSSR count). The van der Waals surface area contributed by atoms with Gasteiger partial charge in [0.2, 0.25) is 11.8 Å². The third-order valence-corrected chi connectivity index (χ3v) is 3.02. The molecule has 126 valence electrons. The van der Waals surface area contributed by atoms with E-state index < -0.39 is 0 Å². The summed E-state index contributed by atoms with van der Waals surface area (Å²) in [5.41, 5.74) is 5.38. The fourth-order valence-corrected chi connectivity index (χ4v) is 2.24. The number of hydrogen-bond donors (Lipinski definition) is 3. The van der Waals surface area contributed by atoms with Crippen LogP contribution >= 0.6 is 12.4 Å². The van der Waals surface area contributed by atoms with Crippen LogP contribution in [0.2, 0.25) is 0 Å². The smallest absolute Gasteiger partial charge is 0.222 e. The second-order valence-corrected chi connectivity index (χ2v) is 6.61. The maximum absolute atomic E-state index is 11.9. The first-order chi connectivity index (χ1) is 9.18. The summed E-state index contributed by atoms with van der Waals surface area (Å²) in [6.45, 7) is 10.9. The molecule has 0 heterocycles. The molecule has 0 aromatic carbocycles. The molecular formula is C15H32ClN3O2. The summed E-state index contributed by atoms with van der Waals surface area (Å²) in [7, 11) is 0. The van der Waals surface area contributed by atoms with Crippen molar-refractivity contribution >= 4 is 24.2 Å². The Morgan fingerprint density at radius 1 is 1.10 bits per heavy atom. The van der Waals surface area contributed by atoms with Gasteiger partial charge in [0, 0.05) is 31.5 Å². The molecule has 0 radical (unpaired) electrons. The number of nitrogens with two attached hydrogens (primary N) is 1. The van der Waals surface area contributed by atoms with Crippen molar-refractivity contribution in [3.05, 3.63) is 0 Å². The van der Waals surface area contributed by atoms with Gasteiger partial charge in [-0.2, -0.15) is 0 Å². The summed E-state index contributed by atoms with van der Waals surface area (Å²) in [5.74, 6) is 0.727. The predicted molar refractivity (Wildman–Crippen MR) is 89.4 cm³/mol. The molecule has 0 bridgehead atoms. The van der Waals surface area contributed by atoms with Crippen LogP contribution < -0.4 is 16.4 Å². The summed E-state index contributed by atoms with van der Waals surface area (Å²) < 4.78 is 0. The number of carbonyl (C=O) groups excluding carboxylic acids is 2. The topological polar surface area (TPSA) is 84.2 Å². The molecule has 0 aromatic heterocycles. The van der Waals surface area contributed by atoms with E-state index in [9.17, 15) is 9.59 Å². The standard InChI is InChI=1S/C15H31N3O2.ClH/c1-11(2)8-14(20)17-7-6-13(19)18-15(5,10-16)9-12(3)4;/h11-12H,6-10,16H2,1-5H3,(H,17,20)(H,18,19);1H. The minimum Gasteiger partial charge on any atom is -0.356 e. The average Bonchev–Trinajstić information content (AvgIpc) is 2.26. The monoisotopic (exact) mass is 321 g/mol. The number of hydrogen-bond acceptors (Lipinski definition) is 3. The third kappa shape index (κ3) is 11.5. The van der Waals surface area contributed by atoms with E-state index in [2.05, 4.69) is 24.5 Å². The quantitative estimate of drug-likeness (QED) is 0.606. The fourth-order valence-electron chi connectivity index (χ4n) is 2.24. The first-order valence-corrected chi connectivity index (χ1v) is 7.46. The van der Waals surface area contributed by atoms with E-state index in [0.29, 0.717) is 31.3 Å². The molecule has 0 aliphatic rings. The Hall–Kier alpha value is -0.810. The van der Waals surface area contributed by atoms with E-state index in [4.69, 9.17) is 5.73 Å². The zero-order valence-electron chi connectivity index (χ0n) is 14.0. The van der Waals surface area contributed by atoms with Crippen LogP contribution in [0.5, 0.6) is 0 Å². The second-order valence-electron chi connectivity index (χ2n) is 6.61. The molecule has 5 nitrogen and oxygen atoms in total. The lowest BCUT2D eigenvalue weighted by Gasteiger charge is -2.31. The predicted octanol–water partition coefficient (Wildman–Crippen LogP) is 1.84. The van der Waals surface area contributed by atoms with Gasteiger partial charge in [0.15, 0.2) is 0 Å². The highest BCUT2D eigenvalue weighted by Gasteiger charge is 2.25. The van der Waals surface area contributed by atoms with Crippen molar-refractivity contribution in [3.8, 4) is 0 Å². The van der Waals surface area contributed by atoms with Crippen LogP contribution in [-0.4, -0.2) is 30.4 Å². The summed E-state index contributed by atoms with van der Waals surface area (Å²) >= 11 is 0. The van der Waals surface area contributed by atoms with Gasteiger partial charge in [0.1, 0.15) is 0 Å². The molecular weight excluding hydrogens is 290 g/mol. The van der Waals surface area contributed by atoms with Crippen LogP contribution in [0.15, 0.2) is 0 Å². The van der Waals surface area contributed by atoms with Gasteiger partial charge >= 0.3 is 0 Å². The highest BCUT2D eigenvalue weighted by molar-refractivity contribution is 5.85. The van der Waals surface area contributed by atoms with E-state index in [1.807, 2.05) is 20.8 Å². The molecule has 6 heteroatoms. The van der Waals surface area contributed by atoms with Crippen LogP contribution in [0.1, 0.15) is 53.9 Å². The Morgan fingerprint density at radius 3 is 2.10 bits per heavy atom. The van der Waals surface area contributed by atoms with E-state index in [0.717, 1.165) is 6.42 Å². The van der Waals surface area contributed by atoms with Crippen molar-refractivity contribution in [2.75, 3.05) is 13.1 Å². The molecule has 0 saturated heterocycles. The normalized spacial score (nSPS) is 13.5. The largest absolute Gasteiger partial charge is 0.356 e. The first kappa shape index (κ1) is 22.5. The molecule has 2 amide bonds. The lowest BCUT2D eigenvalue weighted by atomic mass is 9.90. The highest BCUT2D eigenvalue weighted by atomic mass is 35.5. The van der Waals surface area contributed by atoms with Gasteiger partial charge in [-0.05, 0) is 25.2 Å². The maximum Gasteiger partial charge on any atom is 0.222 e. The Balaban J connectivity index is 0. The summed E-state index contributed by atoms with van der Waals surface area (Å²) in [4.78, 5) is 23.3. The molecule has 21 heavy (non-hydrogen) atoms. The summed E-state index contributed by atoms with van der Waals surface area (Å²) in [6, 6.07) is 0. The van der Waals surface area contributed by atoms with Crippen LogP contribution in [0, 0.1) is 11.8 Å². The molecule has 0 saturated carbocycles. The Bertz CT molecular complexity index is 322. The van der Waals surface area contributed by atoms with Crippen molar-refractivity contribution in [2.45, 2.75) is 59.4 Å². The minimum atomic E-state index is -0.368. The van der Waals surface area contributed by atoms with E-state index in [1.54, 1.807) is 0 Å². The molecule has 0 aromatic rings. The number of amides is 2. The van der Waals surface area contributed by atoms with Gasteiger partial charge in [-0.15, -0.1) is 12.4 Å². The highest BCUT2D eigenvalue weighted by Crippen LogP contribution is 2.15. The van der Waals surface area contributed by atoms with Gasteiger partial charge in [-0.25, -0.2) is 0 Å². The van der Waals surface area contributed by atoms with Gasteiger partial charge in [0.05, 0.1) is 0 Å². The van der Waals surface area contributed by atoms with Crippen LogP contribution in [0.25, 0.3) is 0 Å². The molecule has 0 aliphatic carbocycles. The maximum atomic E-state index is 11.9. The average molecular weight is 322 g/mol. The van der Waals surface area contributed by atoms with Crippen LogP contribution in [0.4, 0.5) is 0 Å². The van der Waals surface area contributed by atoms with E-state index in [-0.39, 0.29) is 36.2 Å². The van der Waals surface area contributed by atoms with Crippen LogP contribution in [0.3, 0.4) is 0 Å². The van der Waals surface area contributed by atoms with Gasteiger partial charge in [0.25, 0.3) is 0 Å². The molecule has 0 fully saturated rings. The van der Waals surface area contributed by atoms with E-state index in [1.165, 1.54) is 0 Å². The molecule has 0 aliphatic heterocycles. The lowest BCUT2D eigenvalue weighted by Crippen LogP contribution is -2.52. The zero-order chi connectivity index (χ0) is 15.8. The summed E-state index contributed by atoms with van der Waals surface area (Å²) in [5, 5.41) is 5.73. The molecule has 0 spiro atoms. The number of nitrogens with one attached hydrogen (secondary N) is 2. The lowest BCUT2D eigenvalue weighted by molar-refractivity contribution is -0.123.